The zero-order valence-electron chi connectivity index (χ0n) is 16.0. The van der Waals surface area contributed by atoms with Crippen molar-refractivity contribution >= 4 is 55.6 Å². The molecule has 0 aliphatic heterocycles. The summed E-state index contributed by atoms with van der Waals surface area (Å²) in [6, 6.07) is 14.8. The van der Waals surface area contributed by atoms with Gasteiger partial charge >= 0.3 is 0 Å². The summed E-state index contributed by atoms with van der Waals surface area (Å²) in [6.07, 6.45) is 1.40. The van der Waals surface area contributed by atoms with E-state index in [2.05, 4.69) is 20.2 Å². The van der Waals surface area contributed by atoms with E-state index in [9.17, 15) is 25.3 Å². The van der Waals surface area contributed by atoms with E-state index in [4.69, 9.17) is 0 Å². The topological polar surface area (TPSA) is 156 Å². The zero-order chi connectivity index (χ0) is 22.7. The maximum Gasteiger partial charge on any atom is 0.271 e. The Labute approximate surface area is 183 Å². The highest BCUT2D eigenvalue weighted by atomic mass is 32.1. The first-order valence-electron chi connectivity index (χ1n) is 8.98. The van der Waals surface area contributed by atoms with Crippen LogP contribution in [0.15, 0.2) is 75.9 Å². The van der Waals surface area contributed by atoms with Crippen LogP contribution in [-0.2, 0) is 0 Å². The molecule has 1 N–H and O–H groups in total. The molecular formula is C20H12N6O5S. The Bertz CT molecular complexity index is 1410. The molecule has 0 unspecified atom stereocenters. The molecule has 0 bridgehead atoms. The highest BCUT2D eigenvalue weighted by molar-refractivity contribution is 7.22. The number of aliphatic imine (C=N–C) groups is 1. The molecule has 32 heavy (non-hydrogen) atoms. The molecule has 11 nitrogen and oxygen atoms in total. The molecule has 0 radical (unpaired) electrons. The number of rotatable bonds is 6. The van der Waals surface area contributed by atoms with Gasteiger partial charge in [0.1, 0.15) is 5.69 Å². The molecular weight excluding hydrogens is 436 g/mol. The first-order chi connectivity index (χ1) is 15.4. The van der Waals surface area contributed by atoms with Gasteiger partial charge in [0.25, 0.3) is 11.4 Å². The summed E-state index contributed by atoms with van der Waals surface area (Å²) >= 11 is 1.25. The zero-order valence-corrected chi connectivity index (χ0v) is 16.8. The fourth-order valence-corrected chi connectivity index (χ4v) is 3.50. The molecule has 0 aliphatic carbocycles. The lowest BCUT2D eigenvalue weighted by atomic mass is 10.2. The minimum atomic E-state index is -0.534. The summed E-state index contributed by atoms with van der Waals surface area (Å²) in [7, 11) is 0. The van der Waals surface area contributed by atoms with E-state index < -0.39 is 9.85 Å². The number of azo groups is 1. The molecule has 1 heterocycles. The van der Waals surface area contributed by atoms with Gasteiger partial charge in [0, 0.05) is 36.0 Å². The van der Waals surface area contributed by atoms with Gasteiger partial charge in [-0.2, -0.15) is 5.11 Å². The Hall–Kier alpha value is -4.58. The van der Waals surface area contributed by atoms with Crippen LogP contribution in [0.2, 0.25) is 0 Å². The third-order valence-corrected chi connectivity index (χ3v) is 5.19. The molecule has 4 rings (SSSR count). The van der Waals surface area contributed by atoms with Crippen LogP contribution in [0.1, 0.15) is 5.56 Å². The monoisotopic (exact) mass is 448 g/mol. The van der Waals surface area contributed by atoms with Crippen LogP contribution in [-0.4, -0.2) is 26.2 Å². The molecule has 158 valence electrons. The number of non-ortho nitro benzene ring substituents is 2. The quantitative estimate of drug-likeness (QED) is 0.165. The lowest BCUT2D eigenvalue weighted by Crippen LogP contribution is -1.86. The molecule has 0 fully saturated rings. The highest BCUT2D eigenvalue weighted by Crippen LogP contribution is 2.33. The summed E-state index contributed by atoms with van der Waals surface area (Å²) in [6.45, 7) is 0. The van der Waals surface area contributed by atoms with Gasteiger partial charge in [0.15, 0.2) is 5.75 Å². The number of aromatic hydroxyl groups is 1. The number of benzene rings is 3. The molecule has 0 saturated heterocycles. The van der Waals surface area contributed by atoms with Crippen molar-refractivity contribution in [1.82, 2.24) is 4.98 Å². The van der Waals surface area contributed by atoms with E-state index in [1.165, 1.54) is 53.9 Å². The highest BCUT2D eigenvalue weighted by Gasteiger charge is 2.11. The number of phenols is 1. The summed E-state index contributed by atoms with van der Waals surface area (Å²) < 4.78 is 0.742. The maximum atomic E-state index is 10.9. The van der Waals surface area contributed by atoms with E-state index in [1.54, 1.807) is 24.3 Å². The second kappa shape index (κ2) is 8.65. The van der Waals surface area contributed by atoms with Crippen molar-refractivity contribution in [2.24, 2.45) is 15.2 Å². The Morgan fingerprint density at radius 1 is 0.938 bits per heavy atom. The molecule has 3 aromatic carbocycles. The van der Waals surface area contributed by atoms with Crippen molar-refractivity contribution in [2.45, 2.75) is 0 Å². The number of hydrogen-bond donors (Lipinski definition) is 1. The van der Waals surface area contributed by atoms with Gasteiger partial charge in [-0.05, 0) is 24.3 Å². The van der Waals surface area contributed by atoms with Crippen molar-refractivity contribution in [3.8, 4) is 5.75 Å². The van der Waals surface area contributed by atoms with Gasteiger partial charge in [-0.1, -0.05) is 23.5 Å². The average molecular weight is 448 g/mol. The lowest BCUT2D eigenvalue weighted by Gasteiger charge is -2.01. The third-order valence-electron chi connectivity index (χ3n) is 4.24. The minimum absolute atomic E-state index is 0.0576. The van der Waals surface area contributed by atoms with E-state index in [1.807, 2.05) is 0 Å². The van der Waals surface area contributed by atoms with Gasteiger partial charge in [-0.15, -0.1) is 5.11 Å². The van der Waals surface area contributed by atoms with Crippen LogP contribution >= 0.6 is 11.3 Å². The summed E-state index contributed by atoms with van der Waals surface area (Å²) in [5.74, 6) is -0.179. The lowest BCUT2D eigenvalue weighted by molar-refractivity contribution is -0.384. The van der Waals surface area contributed by atoms with Crippen molar-refractivity contribution in [3.05, 3.63) is 86.5 Å². The number of hydrogen-bond acceptors (Lipinski definition) is 10. The number of phenolic OH excluding ortho intramolecular Hbond substituents is 1. The van der Waals surface area contributed by atoms with Crippen LogP contribution in [0.3, 0.4) is 0 Å². The first kappa shape index (κ1) is 20.7. The largest absolute Gasteiger partial charge is 0.505 e. The number of nitrogens with zero attached hydrogens (tertiary/aromatic N) is 6. The smallest absolute Gasteiger partial charge is 0.271 e. The van der Waals surface area contributed by atoms with Crippen LogP contribution in [0.25, 0.3) is 10.2 Å². The predicted octanol–water partition coefficient (Wildman–Crippen LogP) is 5.98. The Morgan fingerprint density at radius 3 is 2.47 bits per heavy atom. The number of aromatic nitrogens is 1. The van der Waals surface area contributed by atoms with E-state index in [0.717, 1.165) is 4.70 Å². The summed E-state index contributed by atoms with van der Waals surface area (Å²) in [5.41, 5.74) is 1.05. The minimum Gasteiger partial charge on any atom is -0.505 e. The Balaban J connectivity index is 1.58. The SMILES string of the molecule is O=[N+]([O-])c1cccc(N=Nc2cccc(/C=N/c3nc4cc([N+](=O)[O-])ccc4s3)c2O)c1. The van der Waals surface area contributed by atoms with Crippen molar-refractivity contribution in [3.63, 3.8) is 0 Å². The molecule has 0 aliphatic rings. The molecule has 1 aromatic heterocycles. The number of nitro benzene ring substituents is 2. The second-order valence-electron chi connectivity index (χ2n) is 6.36. The fourth-order valence-electron chi connectivity index (χ4n) is 2.71. The van der Waals surface area contributed by atoms with Crippen LogP contribution in [0.5, 0.6) is 5.75 Å². The van der Waals surface area contributed by atoms with E-state index in [0.29, 0.717) is 16.2 Å². The Kier molecular flexibility index (Phi) is 5.59. The normalized spacial score (nSPS) is 11.5. The Morgan fingerprint density at radius 2 is 1.69 bits per heavy atom. The van der Waals surface area contributed by atoms with Crippen LogP contribution < -0.4 is 0 Å². The van der Waals surface area contributed by atoms with Gasteiger partial charge in [-0.3, -0.25) is 20.2 Å². The average Bonchev–Trinajstić information content (AvgIpc) is 3.20. The van der Waals surface area contributed by atoms with Crippen molar-refractivity contribution in [2.75, 3.05) is 0 Å². The van der Waals surface area contributed by atoms with Gasteiger partial charge < -0.3 is 5.11 Å². The first-order valence-corrected chi connectivity index (χ1v) is 9.79. The third kappa shape index (κ3) is 4.44. The molecule has 0 spiro atoms. The second-order valence-corrected chi connectivity index (χ2v) is 7.36. The number of thiazole rings is 1. The van der Waals surface area contributed by atoms with E-state index in [-0.39, 0.29) is 28.5 Å². The summed E-state index contributed by atoms with van der Waals surface area (Å²) in [4.78, 5) is 29.2. The molecule has 4 aromatic rings. The molecule has 0 atom stereocenters. The molecule has 12 heteroatoms. The summed E-state index contributed by atoms with van der Waals surface area (Å²) in [5, 5.41) is 40.5. The molecule has 0 amide bonds. The predicted molar refractivity (Wildman–Crippen MR) is 119 cm³/mol. The van der Waals surface area contributed by atoms with Crippen molar-refractivity contribution in [1.29, 1.82) is 0 Å². The standard InChI is InChI=1S/C20H12N6O5S/c27-19-12(11-21-20-22-17-10-15(26(30)31)7-8-18(17)32-20)3-1-6-16(19)24-23-13-4-2-5-14(9-13)25(28)29/h1-11,27H/b21-11+,24-23?. The van der Waals surface area contributed by atoms with Gasteiger partial charge in [0.05, 0.1) is 25.8 Å². The maximum absolute atomic E-state index is 10.9. The van der Waals surface area contributed by atoms with Gasteiger partial charge in [-0.25, -0.2) is 9.98 Å². The van der Waals surface area contributed by atoms with Crippen LogP contribution in [0, 0.1) is 20.2 Å². The number of para-hydroxylation sites is 1. The fraction of sp³-hybridized carbons (Fsp3) is 0. The number of fused-ring (bicyclic) bond motifs is 1. The van der Waals surface area contributed by atoms with Crippen LogP contribution in [0.4, 0.5) is 27.9 Å². The molecule has 0 saturated carbocycles. The number of nitro groups is 2. The van der Waals surface area contributed by atoms with Gasteiger partial charge in [0.2, 0.25) is 5.13 Å². The van der Waals surface area contributed by atoms with E-state index >= 15 is 0 Å². The van der Waals surface area contributed by atoms with Crippen molar-refractivity contribution < 1.29 is 15.0 Å².